The number of hydrogen-bond donors (Lipinski definition) is 4. The first-order valence-corrected chi connectivity index (χ1v) is 14.4. The highest BCUT2D eigenvalue weighted by Crippen LogP contribution is 2.32. The number of carbonyl (C=O) groups excluding carboxylic acids is 1. The molecule has 9 nitrogen and oxygen atoms in total. The number of nitrogens with zero attached hydrogens (tertiary/aromatic N) is 1. The Labute approximate surface area is 233 Å². The third-order valence-corrected chi connectivity index (χ3v) is 7.93. The summed E-state index contributed by atoms with van der Waals surface area (Å²) in [7, 11) is -4.08. The number of nitrogens with one attached hydrogen (secondary N) is 3. The Balaban J connectivity index is 1.20. The highest BCUT2D eigenvalue weighted by molar-refractivity contribution is 7.90. The Bertz CT molecular complexity index is 1570. The molecule has 4 N–H and O–H groups in total. The Morgan fingerprint density at radius 2 is 1.82 bits per heavy atom. The maximum atomic E-state index is 12.9. The standard InChI is InChI=1S/C30H30N4O5S/c35-28(24-7-5-15-31-18-24)20-32-19-26-13-11-23-16-22(12-14-29(23)39-26)21-6-4-10-27(17-21)40(37,38)34-30(36)33-25-8-2-1-3-9-25/h1-10,12,14-18,26,28,32,35H,11,13,19-20H2,(H2,33,34,36). The highest BCUT2D eigenvalue weighted by Gasteiger charge is 2.22. The molecule has 2 heterocycles. The van der Waals surface area contributed by atoms with Gasteiger partial charge in [0.25, 0.3) is 10.0 Å². The van der Waals surface area contributed by atoms with Crippen molar-refractivity contribution in [1.82, 2.24) is 15.0 Å². The fourth-order valence-electron chi connectivity index (χ4n) is 4.54. The lowest BCUT2D eigenvalue weighted by atomic mass is 9.97. The number of ether oxygens (including phenoxy) is 1. The molecule has 0 bridgehead atoms. The summed E-state index contributed by atoms with van der Waals surface area (Å²) in [6.45, 7) is 1.00. The Morgan fingerprint density at radius 1 is 1.00 bits per heavy atom. The monoisotopic (exact) mass is 558 g/mol. The minimum Gasteiger partial charge on any atom is -0.489 e. The molecule has 0 fully saturated rings. The van der Waals surface area contributed by atoms with Crippen LogP contribution in [0.5, 0.6) is 5.75 Å². The second-order valence-electron chi connectivity index (χ2n) is 9.51. The smallest absolute Gasteiger partial charge is 0.333 e. The Hall–Kier alpha value is -4.25. The maximum absolute atomic E-state index is 12.9. The van der Waals surface area contributed by atoms with Gasteiger partial charge in [-0.1, -0.05) is 42.5 Å². The van der Waals surface area contributed by atoms with Crippen LogP contribution in [0.15, 0.2) is 102 Å². The zero-order chi connectivity index (χ0) is 28.0. The molecule has 10 heteroatoms. The number of benzene rings is 3. The van der Waals surface area contributed by atoms with E-state index in [1.165, 1.54) is 6.07 Å². The van der Waals surface area contributed by atoms with Crippen molar-refractivity contribution in [2.24, 2.45) is 0 Å². The number of aryl methyl sites for hydroxylation is 1. The van der Waals surface area contributed by atoms with Crippen LogP contribution in [0.4, 0.5) is 10.5 Å². The van der Waals surface area contributed by atoms with Crippen molar-refractivity contribution >= 4 is 21.7 Å². The summed E-state index contributed by atoms with van der Waals surface area (Å²) in [6, 6.07) is 23.7. The average molecular weight is 559 g/mol. The van der Waals surface area contributed by atoms with Gasteiger partial charge in [-0.2, -0.15) is 0 Å². The van der Waals surface area contributed by atoms with E-state index < -0.39 is 22.2 Å². The van der Waals surface area contributed by atoms with E-state index >= 15 is 0 Å². The molecule has 2 unspecified atom stereocenters. The van der Waals surface area contributed by atoms with Gasteiger partial charge in [-0.15, -0.1) is 0 Å². The lowest BCUT2D eigenvalue weighted by Gasteiger charge is -2.27. The van der Waals surface area contributed by atoms with Crippen molar-refractivity contribution in [3.63, 3.8) is 0 Å². The van der Waals surface area contributed by atoms with Crippen LogP contribution in [-0.4, -0.2) is 43.7 Å². The predicted molar refractivity (Wildman–Crippen MR) is 152 cm³/mol. The molecule has 1 aromatic heterocycles. The molecule has 3 aromatic carbocycles. The van der Waals surface area contributed by atoms with E-state index in [1.54, 1.807) is 60.9 Å². The van der Waals surface area contributed by atoms with Gasteiger partial charge in [0.05, 0.1) is 11.0 Å². The zero-order valence-electron chi connectivity index (χ0n) is 21.7. The van der Waals surface area contributed by atoms with Crippen molar-refractivity contribution in [3.05, 3.63) is 108 Å². The molecular weight excluding hydrogens is 528 g/mol. The highest BCUT2D eigenvalue weighted by atomic mass is 32.2. The summed E-state index contributed by atoms with van der Waals surface area (Å²) in [5.41, 5.74) is 3.85. The molecule has 2 amide bonds. The van der Waals surface area contributed by atoms with Crippen molar-refractivity contribution in [1.29, 1.82) is 0 Å². The quantitative estimate of drug-likeness (QED) is 0.241. The summed E-state index contributed by atoms with van der Waals surface area (Å²) in [5, 5.41) is 16.1. The van der Waals surface area contributed by atoms with Crippen LogP contribution in [-0.2, 0) is 16.4 Å². The van der Waals surface area contributed by atoms with E-state index in [0.29, 0.717) is 24.3 Å². The predicted octanol–water partition coefficient (Wildman–Crippen LogP) is 4.28. The van der Waals surface area contributed by atoms with E-state index in [-0.39, 0.29) is 11.0 Å². The third kappa shape index (κ3) is 6.84. The molecule has 5 rings (SSSR count). The Morgan fingerprint density at radius 3 is 2.62 bits per heavy atom. The van der Waals surface area contributed by atoms with Crippen LogP contribution in [0.25, 0.3) is 11.1 Å². The summed E-state index contributed by atoms with van der Waals surface area (Å²) in [4.78, 5) is 16.3. The number of rotatable bonds is 9. The lowest BCUT2D eigenvalue weighted by Crippen LogP contribution is -2.36. The largest absolute Gasteiger partial charge is 0.489 e. The fraction of sp³-hybridized carbons (Fsp3) is 0.200. The van der Waals surface area contributed by atoms with Crippen LogP contribution in [0, 0.1) is 0 Å². The number of aromatic nitrogens is 1. The number of fused-ring (bicyclic) bond motifs is 1. The van der Waals surface area contributed by atoms with Gasteiger partial charge < -0.3 is 20.5 Å². The summed E-state index contributed by atoms with van der Waals surface area (Å²) in [6.07, 6.45) is 4.27. The lowest BCUT2D eigenvalue weighted by molar-refractivity contribution is 0.146. The first-order chi connectivity index (χ1) is 19.4. The molecule has 1 aliphatic rings. The topological polar surface area (TPSA) is 130 Å². The second-order valence-corrected chi connectivity index (χ2v) is 11.2. The number of anilines is 1. The number of urea groups is 1. The molecule has 2 atom stereocenters. The van der Waals surface area contributed by atoms with Gasteiger partial charge in [-0.05, 0) is 72.0 Å². The van der Waals surface area contributed by atoms with Crippen LogP contribution < -0.4 is 20.1 Å². The van der Waals surface area contributed by atoms with Crippen LogP contribution in [0.1, 0.15) is 23.7 Å². The molecule has 206 valence electrons. The normalized spacial score (nSPS) is 15.4. The number of carbonyl (C=O) groups is 1. The van der Waals surface area contributed by atoms with Crippen LogP contribution in [0.3, 0.4) is 0 Å². The molecule has 0 spiro atoms. The maximum Gasteiger partial charge on any atom is 0.333 e. The van der Waals surface area contributed by atoms with E-state index in [0.717, 1.165) is 35.3 Å². The number of para-hydroxylation sites is 1. The first kappa shape index (κ1) is 27.3. The SMILES string of the molecule is O=C(Nc1ccccc1)NS(=O)(=O)c1cccc(-c2ccc3c(c2)CCC(CNCC(O)c2cccnc2)O3)c1. The fourth-order valence-corrected chi connectivity index (χ4v) is 5.49. The van der Waals surface area contributed by atoms with Gasteiger partial charge in [-0.3, -0.25) is 4.98 Å². The summed E-state index contributed by atoms with van der Waals surface area (Å²) >= 11 is 0. The third-order valence-electron chi connectivity index (χ3n) is 6.61. The number of amides is 2. The van der Waals surface area contributed by atoms with E-state index in [9.17, 15) is 18.3 Å². The second kappa shape index (κ2) is 12.3. The molecule has 0 saturated heterocycles. The number of pyridine rings is 1. The molecule has 1 aliphatic heterocycles. The van der Waals surface area contributed by atoms with Gasteiger partial charge in [-0.25, -0.2) is 17.9 Å². The first-order valence-electron chi connectivity index (χ1n) is 12.9. The summed E-state index contributed by atoms with van der Waals surface area (Å²) < 4.78 is 34.0. The molecule has 0 aliphatic carbocycles. The van der Waals surface area contributed by atoms with Crippen LogP contribution in [0.2, 0.25) is 0 Å². The number of aliphatic hydroxyl groups is 1. The molecule has 0 saturated carbocycles. The van der Waals surface area contributed by atoms with Gasteiger partial charge in [0, 0.05) is 36.7 Å². The number of hydrogen-bond acceptors (Lipinski definition) is 7. The van der Waals surface area contributed by atoms with E-state index in [1.807, 2.05) is 30.3 Å². The van der Waals surface area contributed by atoms with Crippen molar-refractivity contribution in [2.45, 2.75) is 29.9 Å². The summed E-state index contributed by atoms with van der Waals surface area (Å²) in [5.74, 6) is 0.789. The Kier molecular flexibility index (Phi) is 8.40. The minimum atomic E-state index is -4.08. The minimum absolute atomic E-state index is 0.0122. The van der Waals surface area contributed by atoms with Gasteiger partial charge in [0.1, 0.15) is 11.9 Å². The van der Waals surface area contributed by atoms with Gasteiger partial charge in [0.2, 0.25) is 0 Å². The average Bonchev–Trinajstić information content (AvgIpc) is 2.97. The molecule has 0 radical (unpaired) electrons. The van der Waals surface area contributed by atoms with Gasteiger partial charge >= 0.3 is 6.03 Å². The van der Waals surface area contributed by atoms with Crippen molar-refractivity contribution in [2.75, 3.05) is 18.4 Å². The van der Waals surface area contributed by atoms with Crippen LogP contribution >= 0.6 is 0 Å². The van der Waals surface area contributed by atoms with E-state index in [2.05, 4.69) is 20.3 Å². The molecule has 40 heavy (non-hydrogen) atoms. The molecular formula is C30H30N4O5S. The van der Waals surface area contributed by atoms with Crippen molar-refractivity contribution in [3.8, 4) is 16.9 Å². The zero-order valence-corrected chi connectivity index (χ0v) is 22.5. The van der Waals surface area contributed by atoms with Crippen molar-refractivity contribution < 1.29 is 23.1 Å². The van der Waals surface area contributed by atoms with E-state index in [4.69, 9.17) is 4.74 Å². The molecule has 4 aromatic rings. The van der Waals surface area contributed by atoms with Gasteiger partial charge in [0.15, 0.2) is 0 Å². The number of aliphatic hydroxyl groups excluding tert-OH is 1. The number of sulfonamides is 1.